The smallest absolute Gasteiger partial charge is 0.278 e. The molecular weight excluding hydrogens is 488 g/mol. The highest BCUT2D eigenvalue weighted by Crippen LogP contribution is 2.32. The number of hydrazine groups is 1. The van der Waals surface area contributed by atoms with Gasteiger partial charge in [0.15, 0.2) is 7.05 Å². The Balaban J connectivity index is 1.45. The summed E-state index contributed by atoms with van der Waals surface area (Å²) in [5, 5.41) is 2.95. The maximum atomic E-state index is 12.2. The minimum Gasteiger partial charge on any atom is -0.331 e. The standard InChI is InChI=1S/C30H28N8O/c1-17(2)30(39)34-22-11-21(13-32-14-22)20-5-6-23-18(3)37-38(4)28(24(23)12-20)29-35-26-16-33-15-25(27(26)36-29)19-7-9-31-10-8-19/h5-18,37H,1-4H3,(H,34,39)/p+1/t18-/m1/s1. The van der Waals surface area contributed by atoms with Gasteiger partial charge in [0, 0.05) is 41.8 Å². The van der Waals surface area contributed by atoms with Crippen molar-refractivity contribution in [3.63, 3.8) is 0 Å². The Hall–Kier alpha value is -4.92. The second kappa shape index (κ2) is 9.75. The normalized spacial score (nSPS) is 14.8. The molecule has 0 aliphatic carbocycles. The third-order valence-corrected chi connectivity index (χ3v) is 6.97. The highest BCUT2D eigenvalue weighted by molar-refractivity contribution is 6.11. The van der Waals surface area contributed by atoms with Gasteiger partial charge in [0.1, 0.15) is 11.6 Å². The van der Waals surface area contributed by atoms with Crippen molar-refractivity contribution in [1.29, 1.82) is 0 Å². The van der Waals surface area contributed by atoms with Crippen molar-refractivity contribution >= 4 is 28.3 Å². The van der Waals surface area contributed by atoms with Crippen LogP contribution in [0.15, 0.2) is 73.6 Å². The molecule has 6 rings (SSSR count). The summed E-state index contributed by atoms with van der Waals surface area (Å²) in [5.41, 5.74) is 12.9. The van der Waals surface area contributed by atoms with Crippen LogP contribution in [0.25, 0.3) is 33.3 Å². The first kappa shape index (κ1) is 24.4. The molecule has 39 heavy (non-hydrogen) atoms. The lowest BCUT2D eigenvalue weighted by Gasteiger charge is -2.22. The monoisotopic (exact) mass is 517 g/mol. The third kappa shape index (κ3) is 4.52. The van der Waals surface area contributed by atoms with Crippen LogP contribution in [-0.2, 0) is 4.79 Å². The van der Waals surface area contributed by atoms with E-state index in [0.29, 0.717) is 5.69 Å². The van der Waals surface area contributed by atoms with Crippen LogP contribution in [0.2, 0.25) is 0 Å². The van der Waals surface area contributed by atoms with E-state index in [1.165, 1.54) is 0 Å². The van der Waals surface area contributed by atoms with E-state index in [0.717, 1.165) is 56.0 Å². The number of hydrazone groups is 1. The summed E-state index contributed by atoms with van der Waals surface area (Å²) in [6.07, 6.45) is 10.7. The predicted octanol–water partition coefficient (Wildman–Crippen LogP) is 4.74. The van der Waals surface area contributed by atoms with Crippen LogP contribution in [0.4, 0.5) is 5.69 Å². The van der Waals surface area contributed by atoms with E-state index in [4.69, 9.17) is 4.98 Å². The molecule has 0 spiro atoms. The van der Waals surface area contributed by atoms with E-state index < -0.39 is 0 Å². The van der Waals surface area contributed by atoms with Crippen LogP contribution < -0.4 is 10.7 Å². The topological polar surface area (TPSA) is 111 Å². The van der Waals surface area contributed by atoms with Gasteiger partial charge in [-0.2, -0.15) is 5.43 Å². The number of carbonyl (C=O) groups is 1. The Labute approximate surface area is 226 Å². The summed E-state index contributed by atoms with van der Waals surface area (Å²) >= 11 is 0. The zero-order valence-electron chi connectivity index (χ0n) is 22.2. The van der Waals surface area contributed by atoms with Crippen molar-refractivity contribution < 1.29 is 9.48 Å². The quantitative estimate of drug-likeness (QED) is 0.291. The first-order chi connectivity index (χ1) is 18.9. The SMILES string of the molecule is CC(C)C(=O)Nc1cncc(-c2ccc3c(c2)C(c2nc4c(-c5ccncc5)cncc4[nH]2)=[N+](C)N[C@@H]3C)c1. The Kier molecular flexibility index (Phi) is 6.11. The summed E-state index contributed by atoms with van der Waals surface area (Å²) in [6.45, 7) is 5.88. The number of aromatic amines is 1. The van der Waals surface area contributed by atoms with Crippen LogP contribution in [0, 0.1) is 5.92 Å². The highest BCUT2D eigenvalue weighted by atomic mass is 16.1. The molecule has 0 unspecified atom stereocenters. The van der Waals surface area contributed by atoms with Crippen molar-refractivity contribution in [3.05, 3.63) is 90.5 Å². The average Bonchev–Trinajstić information content (AvgIpc) is 3.37. The Morgan fingerprint density at radius 2 is 1.72 bits per heavy atom. The molecule has 5 heterocycles. The number of aromatic nitrogens is 5. The molecule has 0 fully saturated rings. The molecule has 1 aliphatic heterocycles. The van der Waals surface area contributed by atoms with Crippen LogP contribution in [0.1, 0.15) is 43.8 Å². The molecule has 9 nitrogen and oxygen atoms in total. The average molecular weight is 518 g/mol. The second-order valence-electron chi connectivity index (χ2n) is 10.1. The largest absolute Gasteiger partial charge is 0.331 e. The van der Waals surface area contributed by atoms with E-state index in [2.05, 4.69) is 55.8 Å². The number of carbonyl (C=O) groups excluding carboxylic acids is 1. The van der Waals surface area contributed by atoms with Crippen molar-refractivity contribution in [2.24, 2.45) is 5.92 Å². The van der Waals surface area contributed by atoms with Gasteiger partial charge in [-0.15, -0.1) is 4.68 Å². The predicted molar refractivity (Wildman–Crippen MR) is 151 cm³/mol. The summed E-state index contributed by atoms with van der Waals surface area (Å²) in [7, 11) is 2.00. The Morgan fingerprint density at radius 3 is 2.51 bits per heavy atom. The number of fused-ring (bicyclic) bond motifs is 2. The van der Waals surface area contributed by atoms with E-state index in [1.807, 2.05) is 56.2 Å². The van der Waals surface area contributed by atoms with Gasteiger partial charge in [-0.3, -0.25) is 19.7 Å². The fourth-order valence-electron chi connectivity index (χ4n) is 4.95. The first-order valence-electron chi connectivity index (χ1n) is 12.9. The fourth-order valence-corrected chi connectivity index (χ4v) is 4.95. The molecule has 9 heteroatoms. The third-order valence-electron chi connectivity index (χ3n) is 6.97. The molecule has 194 valence electrons. The van der Waals surface area contributed by atoms with Crippen molar-refractivity contribution in [1.82, 2.24) is 30.3 Å². The highest BCUT2D eigenvalue weighted by Gasteiger charge is 2.32. The van der Waals surface area contributed by atoms with Crippen molar-refractivity contribution in [3.8, 4) is 22.3 Å². The zero-order valence-corrected chi connectivity index (χ0v) is 22.2. The lowest BCUT2D eigenvalue weighted by atomic mass is 9.92. The number of nitrogens with zero attached hydrogens (tertiary/aromatic N) is 5. The van der Waals surface area contributed by atoms with Gasteiger partial charge in [0.05, 0.1) is 29.2 Å². The number of H-pyrrole nitrogens is 1. The number of hydrogen-bond donors (Lipinski definition) is 3. The van der Waals surface area contributed by atoms with Gasteiger partial charge in [-0.05, 0) is 47.9 Å². The van der Waals surface area contributed by atoms with Crippen LogP contribution in [0.3, 0.4) is 0 Å². The van der Waals surface area contributed by atoms with Gasteiger partial charge in [0.25, 0.3) is 5.71 Å². The fraction of sp³-hybridized carbons (Fsp3) is 0.200. The number of hydrogen-bond acceptors (Lipinski definition) is 6. The maximum absolute atomic E-state index is 12.2. The maximum Gasteiger partial charge on any atom is 0.278 e. The molecular formula is C30H29N8O+. The summed E-state index contributed by atoms with van der Waals surface area (Å²) in [4.78, 5) is 33.8. The number of nitrogens with one attached hydrogen (secondary N) is 3. The van der Waals surface area contributed by atoms with Crippen LogP contribution in [-0.4, -0.2) is 48.3 Å². The number of imidazole rings is 1. The first-order valence-corrected chi connectivity index (χ1v) is 12.9. The molecule has 1 atom stereocenters. The summed E-state index contributed by atoms with van der Waals surface area (Å²) < 4.78 is 2.02. The number of anilines is 1. The van der Waals surface area contributed by atoms with E-state index in [-0.39, 0.29) is 17.9 Å². The van der Waals surface area contributed by atoms with Crippen LogP contribution >= 0.6 is 0 Å². The van der Waals surface area contributed by atoms with Gasteiger partial charge >= 0.3 is 0 Å². The number of benzene rings is 1. The Morgan fingerprint density at radius 1 is 0.923 bits per heavy atom. The van der Waals surface area contributed by atoms with E-state index >= 15 is 0 Å². The molecule has 1 aliphatic rings. The van der Waals surface area contributed by atoms with Gasteiger partial charge < -0.3 is 10.3 Å². The number of pyridine rings is 3. The molecule has 0 bridgehead atoms. The summed E-state index contributed by atoms with van der Waals surface area (Å²) in [6, 6.07) is 12.4. The molecule has 3 N–H and O–H groups in total. The van der Waals surface area contributed by atoms with Crippen LogP contribution in [0.5, 0.6) is 0 Å². The molecule has 5 aromatic rings. The second-order valence-corrected chi connectivity index (χ2v) is 10.1. The van der Waals surface area contributed by atoms with E-state index in [9.17, 15) is 4.79 Å². The molecule has 1 aromatic carbocycles. The number of rotatable bonds is 5. The molecule has 0 saturated carbocycles. The van der Waals surface area contributed by atoms with Gasteiger partial charge in [0.2, 0.25) is 11.7 Å². The lowest BCUT2D eigenvalue weighted by molar-refractivity contribution is -0.568. The minimum absolute atomic E-state index is 0.0398. The van der Waals surface area contributed by atoms with Crippen molar-refractivity contribution in [2.75, 3.05) is 12.4 Å². The van der Waals surface area contributed by atoms with Gasteiger partial charge in [-0.25, -0.2) is 4.98 Å². The molecule has 0 saturated heterocycles. The molecule has 4 aromatic heterocycles. The minimum atomic E-state index is -0.114. The van der Waals surface area contributed by atoms with Gasteiger partial charge in [-0.1, -0.05) is 26.0 Å². The van der Waals surface area contributed by atoms with Crippen molar-refractivity contribution in [2.45, 2.75) is 26.8 Å². The molecule has 0 radical (unpaired) electrons. The lowest BCUT2D eigenvalue weighted by Crippen LogP contribution is -2.40. The molecule has 1 amide bonds. The number of amides is 1. The Bertz CT molecular complexity index is 1740. The summed E-state index contributed by atoms with van der Waals surface area (Å²) in [5.74, 6) is 0.587. The van der Waals surface area contributed by atoms with E-state index in [1.54, 1.807) is 24.8 Å². The zero-order chi connectivity index (χ0) is 27.1.